The second-order valence-electron chi connectivity index (χ2n) is 5.88. The highest BCUT2D eigenvalue weighted by atomic mass is 32.2. The monoisotopic (exact) mass is 376 g/mol. The van der Waals surface area contributed by atoms with Gasteiger partial charge in [-0.05, 0) is 42.5 Å². The molecule has 0 bridgehead atoms. The molecule has 26 heavy (non-hydrogen) atoms. The van der Waals surface area contributed by atoms with Gasteiger partial charge in [0.25, 0.3) is 0 Å². The van der Waals surface area contributed by atoms with Gasteiger partial charge in [-0.3, -0.25) is 0 Å². The average molecular weight is 376 g/mol. The summed E-state index contributed by atoms with van der Waals surface area (Å²) in [4.78, 5) is 14.7. The Morgan fingerprint density at radius 1 is 1.12 bits per heavy atom. The molecule has 0 saturated heterocycles. The quantitative estimate of drug-likeness (QED) is 0.606. The summed E-state index contributed by atoms with van der Waals surface area (Å²) >= 11 is 0. The molecule has 1 aliphatic rings. The summed E-state index contributed by atoms with van der Waals surface area (Å²) in [5.41, 5.74) is 1.66. The van der Waals surface area contributed by atoms with E-state index in [4.69, 9.17) is 0 Å². The van der Waals surface area contributed by atoms with E-state index < -0.39 is 26.5 Å². The molecule has 0 aliphatic carbocycles. The van der Waals surface area contributed by atoms with Crippen molar-refractivity contribution in [2.45, 2.75) is 4.90 Å². The first-order valence-electron chi connectivity index (χ1n) is 7.67. The lowest BCUT2D eigenvalue weighted by Crippen LogP contribution is -2.26. The Bertz CT molecular complexity index is 998. The van der Waals surface area contributed by atoms with Crippen molar-refractivity contribution in [3.8, 4) is 0 Å². The molecule has 0 aromatic heterocycles. The summed E-state index contributed by atoms with van der Waals surface area (Å²) < 4.78 is 43.8. The molecule has 136 valence electrons. The van der Waals surface area contributed by atoms with Crippen molar-refractivity contribution < 1.29 is 22.3 Å². The number of anilines is 3. The topological polar surface area (TPSA) is 66.9 Å². The molecule has 6 nitrogen and oxygen atoms in total. The Morgan fingerprint density at radius 3 is 2.35 bits per heavy atom. The molecule has 2 aromatic rings. The fraction of sp³-hybridized carbons (Fsp3) is 0.167. The van der Waals surface area contributed by atoms with Crippen molar-refractivity contribution in [3.63, 3.8) is 0 Å². The highest BCUT2D eigenvalue weighted by Gasteiger charge is 2.36. The Hall–Kier alpha value is -2.87. The number of fused-ring (bicyclic) bond motifs is 1. The van der Waals surface area contributed by atoms with Crippen LogP contribution in [0.2, 0.25) is 0 Å². The van der Waals surface area contributed by atoms with E-state index in [9.17, 15) is 17.6 Å². The van der Waals surface area contributed by atoms with E-state index in [1.165, 1.54) is 4.90 Å². The first-order valence-corrected chi connectivity index (χ1v) is 9.15. The van der Waals surface area contributed by atoms with Gasteiger partial charge in [0.05, 0.1) is 17.7 Å². The Balaban J connectivity index is 2.22. The highest BCUT2D eigenvalue weighted by molar-refractivity contribution is 7.96. The summed E-state index contributed by atoms with van der Waals surface area (Å²) in [5, 5.41) is 0. The van der Waals surface area contributed by atoms with Gasteiger partial charge < -0.3 is 14.5 Å². The minimum Gasteiger partial charge on any atom is -0.465 e. The van der Waals surface area contributed by atoms with Crippen LogP contribution in [0, 0.1) is 5.82 Å². The maximum absolute atomic E-state index is 13.8. The summed E-state index contributed by atoms with van der Waals surface area (Å²) in [6, 6.07) is 10.5. The Kier molecular flexibility index (Phi) is 4.45. The predicted octanol–water partition coefficient (Wildman–Crippen LogP) is 2.83. The fourth-order valence-electron chi connectivity index (χ4n) is 2.67. The number of hydrogen-bond donors (Lipinski definition) is 0. The molecule has 0 saturated carbocycles. The maximum atomic E-state index is 13.8. The van der Waals surface area contributed by atoms with Gasteiger partial charge in [-0.25, -0.2) is 17.6 Å². The van der Waals surface area contributed by atoms with Crippen LogP contribution in [0.25, 0.3) is 0 Å². The number of carbonyl (C=O) groups is 1. The first-order chi connectivity index (χ1) is 12.3. The number of halogens is 1. The first kappa shape index (κ1) is 17.9. The zero-order valence-corrected chi connectivity index (χ0v) is 15.2. The van der Waals surface area contributed by atoms with E-state index >= 15 is 0 Å². The third-order valence-electron chi connectivity index (χ3n) is 4.04. The largest absolute Gasteiger partial charge is 0.465 e. The number of benzene rings is 2. The van der Waals surface area contributed by atoms with E-state index in [0.717, 1.165) is 37.2 Å². The van der Waals surface area contributed by atoms with Crippen molar-refractivity contribution in [1.29, 1.82) is 0 Å². The molecule has 1 heterocycles. The van der Waals surface area contributed by atoms with Crippen LogP contribution in [-0.2, 0) is 19.4 Å². The molecular formula is C18H17FN2O4S. The van der Waals surface area contributed by atoms with Gasteiger partial charge in [0.2, 0.25) is 9.84 Å². The molecule has 1 aliphatic heterocycles. The van der Waals surface area contributed by atoms with Crippen LogP contribution in [0.5, 0.6) is 0 Å². The predicted molar refractivity (Wildman–Crippen MR) is 96.6 cm³/mol. The summed E-state index contributed by atoms with van der Waals surface area (Å²) in [5.74, 6) is -1.56. The van der Waals surface area contributed by atoms with Crippen LogP contribution in [-0.4, -0.2) is 35.6 Å². The van der Waals surface area contributed by atoms with E-state index in [2.05, 4.69) is 4.74 Å². The number of rotatable bonds is 3. The maximum Gasteiger partial charge on any atom is 0.351 e. The van der Waals surface area contributed by atoms with Crippen LogP contribution >= 0.6 is 0 Å². The summed E-state index contributed by atoms with van der Waals surface area (Å²) in [6.07, 6.45) is 1.16. The number of esters is 1. The van der Waals surface area contributed by atoms with E-state index in [1.807, 2.05) is 31.1 Å². The zero-order valence-electron chi connectivity index (χ0n) is 14.4. The molecule has 0 spiro atoms. The van der Waals surface area contributed by atoms with Gasteiger partial charge in [-0.15, -0.1) is 0 Å². The molecular weight excluding hydrogens is 359 g/mol. The smallest absolute Gasteiger partial charge is 0.351 e. The Labute approximate surface area is 151 Å². The lowest BCUT2D eigenvalue weighted by molar-refractivity contribution is -0.135. The van der Waals surface area contributed by atoms with Crippen molar-refractivity contribution >= 4 is 32.9 Å². The second-order valence-corrected chi connectivity index (χ2v) is 7.77. The van der Waals surface area contributed by atoms with E-state index in [1.54, 1.807) is 12.1 Å². The van der Waals surface area contributed by atoms with Gasteiger partial charge in [0.15, 0.2) is 4.91 Å². The van der Waals surface area contributed by atoms with Crippen LogP contribution in [0.15, 0.2) is 58.5 Å². The normalized spacial score (nSPS) is 15.1. The molecule has 0 atom stereocenters. The molecule has 0 unspecified atom stereocenters. The average Bonchev–Trinajstić information content (AvgIpc) is 2.61. The van der Waals surface area contributed by atoms with Crippen LogP contribution in [0.4, 0.5) is 21.5 Å². The minimum atomic E-state index is -4.10. The van der Waals surface area contributed by atoms with Crippen molar-refractivity contribution in [3.05, 3.63) is 59.4 Å². The lowest BCUT2D eigenvalue weighted by atomic mass is 10.2. The fourth-order valence-corrected chi connectivity index (χ4v) is 4.13. The molecule has 2 aromatic carbocycles. The van der Waals surface area contributed by atoms with Crippen molar-refractivity contribution in [2.75, 3.05) is 31.0 Å². The number of carbonyl (C=O) groups excluding carboxylic acids is 1. The molecule has 0 amide bonds. The van der Waals surface area contributed by atoms with Gasteiger partial charge >= 0.3 is 5.97 Å². The van der Waals surface area contributed by atoms with E-state index in [0.29, 0.717) is 5.69 Å². The number of ether oxygens (including phenoxy) is 1. The van der Waals surface area contributed by atoms with Gasteiger partial charge in [0, 0.05) is 31.7 Å². The van der Waals surface area contributed by atoms with Crippen LogP contribution in [0.1, 0.15) is 0 Å². The van der Waals surface area contributed by atoms with Gasteiger partial charge in [-0.2, -0.15) is 0 Å². The van der Waals surface area contributed by atoms with Crippen LogP contribution in [0.3, 0.4) is 0 Å². The third kappa shape index (κ3) is 2.92. The standard InChI is InChI=1S/C18H17FN2O4S/c1-20(2)13-5-7-14(8-6-13)21-11-17(18(22)25-3)26(23,24)16-9-4-12(19)10-15(16)21/h4-11H,1-3H3. The molecule has 0 radical (unpaired) electrons. The Morgan fingerprint density at radius 2 is 1.77 bits per heavy atom. The summed E-state index contributed by atoms with van der Waals surface area (Å²) in [7, 11) is 0.785. The van der Waals surface area contributed by atoms with Gasteiger partial charge in [0.1, 0.15) is 5.82 Å². The van der Waals surface area contributed by atoms with Gasteiger partial charge in [-0.1, -0.05) is 0 Å². The molecule has 0 N–H and O–H groups in total. The SMILES string of the molecule is COC(=O)C1=CN(c2ccc(N(C)C)cc2)c2cc(F)ccc2S1(=O)=O. The summed E-state index contributed by atoms with van der Waals surface area (Å²) in [6.45, 7) is 0. The van der Waals surface area contributed by atoms with E-state index in [-0.39, 0.29) is 10.6 Å². The number of hydrogen-bond acceptors (Lipinski definition) is 6. The lowest BCUT2D eigenvalue weighted by Gasteiger charge is -2.28. The zero-order chi connectivity index (χ0) is 19.1. The van der Waals surface area contributed by atoms with Crippen molar-refractivity contribution in [1.82, 2.24) is 0 Å². The molecule has 8 heteroatoms. The van der Waals surface area contributed by atoms with Crippen LogP contribution < -0.4 is 9.80 Å². The third-order valence-corrected chi connectivity index (χ3v) is 5.81. The highest BCUT2D eigenvalue weighted by Crippen LogP contribution is 2.40. The number of nitrogens with zero attached hydrogens (tertiary/aromatic N) is 2. The second kappa shape index (κ2) is 6.45. The molecule has 3 rings (SSSR count). The number of methoxy groups -OCH3 is 1. The molecule has 0 fully saturated rings. The van der Waals surface area contributed by atoms with Crippen molar-refractivity contribution in [2.24, 2.45) is 0 Å². The minimum absolute atomic E-state index is 0.134. The number of sulfone groups is 1.